The standard InChI is InChI=1S/C14H15FN2O2S2/c15-12-2-1-3-13(14(12)16)21(18,19)17(11-4-5-11)8-10-6-7-20-9-10/h1-3,6-7,9,11H,4-5,8,16H2. The van der Waals surface area contributed by atoms with Gasteiger partial charge in [-0.1, -0.05) is 6.07 Å². The van der Waals surface area contributed by atoms with Crippen LogP contribution in [0.15, 0.2) is 39.9 Å². The smallest absolute Gasteiger partial charge is 0.245 e. The molecule has 1 saturated carbocycles. The van der Waals surface area contributed by atoms with Gasteiger partial charge in [0, 0.05) is 12.6 Å². The van der Waals surface area contributed by atoms with E-state index in [1.54, 1.807) is 0 Å². The van der Waals surface area contributed by atoms with Gasteiger partial charge in [0.2, 0.25) is 10.0 Å². The van der Waals surface area contributed by atoms with E-state index in [4.69, 9.17) is 5.73 Å². The molecule has 0 spiro atoms. The van der Waals surface area contributed by atoms with E-state index < -0.39 is 15.8 Å². The van der Waals surface area contributed by atoms with Crippen molar-refractivity contribution in [1.82, 2.24) is 4.31 Å². The molecular formula is C14H15FN2O2S2. The molecule has 1 aromatic heterocycles. The van der Waals surface area contributed by atoms with Crippen molar-refractivity contribution in [3.05, 3.63) is 46.4 Å². The third-order valence-electron chi connectivity index (χ3n) is 3.47. The van der Waals surface area contributed by atoms with E-state index in [0.29, 0.717) is 6.54 Å². The Morgan fingerprint density at radius 1 is 1.33 bits per heavy atom. The molecule has 1 fully saturated rings. The summed E-state index contributed by atoms with van der Waals surface area (Å²) in [5, 5.41) is 3.82. The second kappa shape index (κ2) is 5.40. The van der Waals surface area contributed by atoms with Gasteiger partial charge in [-0.05, 0) is 47.4 Å². The molecule has 0 unspecified atom stereocenters. The number of nitrogen functional groups attached to an aromatic ring is 1. The number of thiophene rings is 1. The Morgan fingerprint density at radius 3 is 2.71 bits per heavy atom. The monoisotopic (exact) mass is 326 g/mol. The van der Waals surface area contributed by atoms with Crippen molar-refractivity contribution in [2.75, 3.05) is 5.73 Å². The summed E-state index contributed by atoms with van der Waals surface area (Å²) in [4.78, 5) is -0.148. The summed E-state index contributed by atoms with van der Waals surface area (Å²) < 4.78 is 40.6. The number of hydrogen-bond acceptors (Lipinski definition) is 4. The molecular weight excluding hydrogens is 311 g/mol. The number of sulfonamides is 1. The summed E-state index contributed by atoms with van der Waals surface area (Å²) in [6.07, 6.45) is 1.66. The van der Waals surface area contributed by atoms with Crippen LogP contribution in [0.4, 0.5) is 10.1 Å². The zero-order valence-electron chi connectivity index (χ0n) is 11.2. The quantitative estimate of drug-likeness (QED) is 0.859. The number of para-hydroxylation sites is 1. The number of benzene rings is 1. The second-order valence-electron chi connectivity index (χ2n) is 5.06. The highest BCUT2D eigenvalue weighted by Gasteiger charge is 2.39. The summed E-state index contributed by atoms with van der Waals surface area (Å²) in [5.74, 6) is -0.706. The van der Waals surface area contributed by atoms with E-state index in [0.717, 1.165) is 24.5 Å². The molecule has 1 heterocycles. The lowest BCUT2D eigenvalue weighted by Crippen LogP contribution is -2.33. The average Bonchev–Trinajstić information content (AvgIpc) is 3.15. The van der Waals surface area contributed by atoms with E-state index in [1.807, 2.05) is 16.8 Å². The molecule has 0 radical (unpaired) electrons. The Balaban J connectivity index is 1.99. The van der Waals surface area contributed by atoms with E-state index in [9.17, 15) is 12.8 Å². The SMILES string of the molecule is Nc1c(F)cccc1S(=O)(=O)N(Cc1ccsc1)C1CC1. The number of rotatable bonds is 5. The maximum atomic E-state index is 13.6. The predicted octanol–water partition coefficient (Wildman–Crippen LogP) is 2.82. The van der Waals surface area contributed by atoms with E-state index >= 15 is 0 Å². The van der Waals surface area contributed by atoms with Crippen molar-refractivity contribution < 1.29 is 12.8 Å². The van der Waals surface area contributed by atoms with Crippen LogP contribution in [0.25, 0.3) is 0 Å². The molecule has 0 amide bonds. The Labute approximate surface area is 127 Å². The number of anilines is 1. The number of halogens is 1. The summed E-state index contributed by atoms with van der Waals surface area (Å²) in [7, 11) is -3.79. The molecule has 0 saturated heterocycles. The lowest BCUT2D eigenvalue weighted by atomic mass is 10.3. The molecule has 21 heavy (non-hydrogen) atoms. The van der Waals surface area contributed by atoms with Crippen LogP contribution in [-0.2, 0) is 16.6 Å². The number of nitrogens with two attached hydrogens (primary N) is 1. The summed E-state index contributed by atoms with van der Waals surface area (Å²) >= 11 is 1.52. The first-order chi connectivity index (χ1) is 10.00. The largest absolute Gasteiger partial charge is 0.395 e. The fraction of sp³-hybridized carbons (Fsp3) is 0.286. The molecule has 0 bridgehead atoms. The van der Waals surface area contributed by atoms with Gasteiger partial charge in [-0.25, -0.2) is 12.8 Å². The van der Waals surface area contributed by atoms with Gasteiger partial charge in [-0.3, -0.25) is 0 Å². The normalized spacial score (nSPS) is 15.5. The van der Waals surface area contributed by atoms with Gasteiger partial charge in [-0.2, -0.15) is 15.6 Å². The summed E-state index contributed by atoms with van der Waals surface area (Å²) in [5.41, 5.74) is 6.25. The molecule has 7 heteroatoms. The predicted molar refractivity (Wildman–Crippen MR) is 80.9 cm³/mol. The van der Waals surface area contributed by atoms with E-state index in [2.05, 4.69) is 0 Å². The Kier molecular flexibility index (Phi) is 3.73. The van der Waals surface area contributed by atoms with Crippen molar-refractivity contribution in [2.45, 2.75) is 30.3 Å². The van der Waals surface area contributed by atoms with Gasteiger partial charge < -0.3 is 5.73 Å². The number of nitrogens with zero attached hydrogens (tertiary/aromatic N) is 1. The van der Waals surface area contributed by atoms with Crippen LogP contribution in [0, 0.1) is 5.82 Å². The Hall–Kier alpha value is -1.44. The van der Waals surface area contributed by atoms with Crippen LogP contribution in [0.1, 0.15) is 18.4 Å². The first-order valence-corrected chi connectivity index (χ1v) is 8.95. The Morgan fingerprint density at radius 2 is 2.10 bits per heavy atom. The van der Waals surface area contributed by atoms with Crippen LogP contribution in [0.2, 0.25) is 0 Å². The molecule has 1 aliphatic rings. The van der Waals surface area contributed by atoms with Gasteiger partial charge in [-0.15, -0.1) is 0 Å². The molecule has 1 aliphatic carbocycles. The van der Waals surface area contributed by atoms with Crippen LogP contribution in [0.5, 0.6) is 0 Å². The molecule has 4 nitrogen and oxygen atoms in total. The molecule has 0 atom stereocenters. The van der Waals surface area contributed by atoms with Crippen molar-refractivity contribution in [3.8, 4) is 0 Å². The molecule has 2 N–H and O–H groups in total. The third-order valence-corrected chi connectivity index (χ3v) is 6.16. The van der Waals surface area contributed by atoms with E-state index in [-0.39, 0.29) is 16.6 Å². The number of hydrogen-bond donors (Lipinski definition) is 1. The minimum absolute atomic E-state index is 0.0161. The van der Waals surface area contributed by atoms with Gasteiger partial charge in [0.05, 0.1) is 5.69 Å². The van der Waals surface area contributed by atoms with Crippen LogP contribution < -0.4 is 5.73 Å². The zero-order valence-corrected chi connectivity index (χ0v) is 12.8. The molecule has 2 aromatic rings. The van der Waals surface area contributed by atoms with Gasteiger partial charge in [0.15, 0.2) is 0 Å². The molecule has 112 valence electrons. The van der Waals surface area contributed by atoms with Crippen molar-refractivity contribution in [3.63, 3.8) is 0 Å². The second-order valence-corrected chi connectivity index (χ2v) is 7.70. The van der Waals surface area contributed by atoms with Gasteiger partial charge >= 0.3 is 0 Å². The minimum atomic E-state index is -3.79. The van der Waals surface area contributed by atoms with E-state index in [1.165, 1.54) is 27.8 Å². The maximum Gasteiger partial charge on any atom is 0.245 e. The highest BCUT2D eigenvalue weighted by Crippen LogP contribution is 2.35. The van der Waals surface area contributed by atoms with Crippen molar-refractivity contribution in [2.24, 2.45) is 0 Å². The van der Waals surface area contributed by atoms with Gasteiger partial charge in [0.25, 0.3) is 0 Å². The first-order valence-electron chi connectivity index (χ1n) is 6.57. The molecule has 1 aromatic carbocycles. The maximum absolute atomic E-state index is 13.6. The van der Waals surface area contributed by atoms with Gasteiger partial charge in [0.1, 0.15) is 10.7 Å². The Bertz CT molecular complexity index is 740. The average molecular weight is 326 g/mol. The van der Waals surface area contributed by atoms with Crippen molar-refractivity contribution in [1.29, 1.82) is 0 Å². The topological polar surface area (TPSA) is 63.4 Å². The lowest BCUT2D eigenvalue weighted by molar-refractivity contribution is 0.399. The summed E-state index contributed by atoms with van der Waals surface area (Å²) in [6.45, 7) is 0.298. The first kappa shape index (κ1) is 14.5. The summed E-state index contributed by atoms with van der Waals surface area (Å²) in [6, 6.07) is 5.77. The third kappa shape index (κ3) is 2.81. The lowest BCUT2D eigenvalue weighted by Gasteiger charge is -2.22. The highest BCUT2D eigenvalue weighted by atomic mass is 32.2. The molecule has 3 rings (SSSR count). The van der Waals surface area contributed by atoms with Crippen LogP contribution in [0.3, 0.4) is 0 Å². The fourth-order valence-electron chi connectivity index (χ4n) is 2.20. The fourth-order valence-corrected chi connectivity index (χ4v) is 4.66. The van der Waals surface area contributed by atoms with Crippen molar-refractivity contribution >= 4 is 27.0 Å². The molecule has 0 aliphatic heterocycles. The zero-order chi connectivity index (χ0) is 15.0. The highest BCUT2D eigenvalue weighted by molar-refractivity contribution is 7.89. The van der Waals surface area contributed by atoms with Crippen LogP contribution >= 0.6 is 11.3 Å². The minimum Gasteiger partial charge on any atom is -0.395 e. The van der Waals surface area contributed by atoms with Crippen LogP contribution in [-0.4, -0.2) is 18.8 Å².